The van der Waals surface area contributed by atoms with Gasteiger partial charge in [0.05, 0.1) is 16.4 Å². The maximum atomic E-state index is 11.3. The van der Waals surface area contributed by atoms with Crippen molar-refractivity contribution in [2.24, 2.45) is 0 Å². The van der Waals surface area contributed by atoms with Gasteiger partial charge < -0.3 is 5.11 Å². The van der Waals surface area contributed by atoms with Gasteiger partial charge in [-0.25, -0.2) is 0 Å². The van der Waals surface area contributed by atoms with Crippen LogP contribution in [0.25, 0.3) is 0 Å². The number of Topliss-reactive ketones (excluding diaryl/α,β-unsaturated/α-hetero) is 1. The van der Waals surface area contributed by atoms with E-state index in [0.717, 1.165) is 12.1 Å². The SMILES string of the molecule is N#Cc1cc([N+](=O)[O-])cc(C(=O)CCl)c1O. The van der Waals surface area contributed by atoms with Crippen molar-refractivity contribution < 1.29 is 14.8 Å². The van der Waals surface area contributed by atoms with Gasteiger partial charge in [0, 0.05) is 12.1 Å². The standard InChI is InChI=1S/C9H5ClN2O4/c10-3-8(13)7-2-6(12(15)16)1-5(4-11)9(7)14/h1-2,14H,3H2. The summed E-state index contributed by atoms with van der Waals surface area (Å²) in [5.41, 5.74) is -1.09. The zero-order chi connectivity index (χ0) is 12.3. The third-order valence-corrected chi connectivity index (χ3v) is 2.09. The van der Waals surface area contributed by atoms with E-state index in [9.17, 15) is 20.0 Å². The van der Waals surface area contributed by atoms with Crippen LogP contribution >= 0.6 is 11.6 Å². The van der Waals surface area contributed by atoms with Gasteiger partial charge >= 0.3 is 0 Å². The van der Waals surface area contributed by atoms with Crippen LogP contribution < -0.4 is 0 Å². The minimum Gasteiger partial charge on any atom is -0.506 e. The van der Waals surface area contributed by atoms with Crippen molar-refractivity contribution in [3.05, 3.63) is 33.4 Å². The average molecular weight is 241 g/mol. The van der Waals surface area contributed by atoms with Crippen molar-refractivity contribution in [1.29, 1.82) is 5.26 Å². The molecule has 0 saturated carbocycles. The largest absolute Gasteiger partial charge is 0.506 e. The molecule has 82 valence electrons. The number of nitro benzene ring substituents is 1. The first kappa shape index (κ1) is 11.9. The Bertz CT molecular complexity index is 507. The summed E-state index contributed by atoms with van der Waals surface area (Å²) in [6.07, 6.45) is 0. The van der Waals surface area contributed by atoms with Crippen LogP contribution in [-0.4, -0.2) is 21.7 Å². The van der Waals surface area contributed by atoms with Crippen LogP contribution in [0.15, 0.2) is 12.1 Å². The summed E-state index contributed by atoms with van der Waals surface area (Å²) >= 11 is 5.27. The Labute approximate surface area is 94.8 Å². The summed E-state index contributed by atoms with van der Waals surface area (Å²) in [5.74, 6) is -1.70. The van der Waals surface area contributed by atoms with Crippen molar-refractivity contribution in [3.8, 4) is 11.8 Å². The minimum atomic E-state index is -0.759. The molecule has 1 N–H and O–H groups in total. The maximum Gasteiger partial charge on any atom is 0.271 e. The molecule has 0 aliphatic rings. The van der Waals surface area contributed by atoms with Crippen molar-refractivity contribution in [1.82, 2.24) is 0 Å². The molecule has 0 heterocycles. The molecule has 0 unspecified atom stereocenters. The first-order valence-corrected chi connectivity index (χ1v) is 4.55. The van der Waals surface area contributed by atoms with Crippen LogP contribution in [0.1, 0.15) is 15.9 Å². The van der Waals surface area contributed by atoms with E-state index >= 15 is 0 Å². The molecule has 6 nitrogen and oxygen atoms in total. The number of nitro groups is 1. The van der Waals surface area contributed by atoms with Gasteiger partial charge in [0.1, 0.15) is 17.4 Å². The number of rotatable bonds is 3. The highest BCUT2D eigenvalue weighted by molar-refractivity contribution is 6.30. The van der Waals surface area contributed by atoms with E-state index in [4.69, 9.17) is 16.9 Å². The molecule has 0 aliphatic carbocycles. The first-order valence-electron chi connectivity index (χ1n) is 4.02. The maximum absolute atomic E-state index is 11.3. The van der Waals surface area contributed by atoms with Gasteiger partial charge in [-0.3, -0.25) is 14.9 Å². The molecule has 0 fully saturated rings. The molecule has 1 rings (SSSR count). The molecule has 0 saturated heterocycles. The molecule has 7 heteroatoms. The third-order valence-electron chi connectivity index (χ3n) is 1.85. The second-order valence-electron chi connectivity index (χ2n) is 2.82. The normalized spacial score (nSPS) is 9.50. The molecule has 0 radical (unpaired) electrons. The quantitative estimate of drug-likeness (QED) is 0.374. The molecule has 1 aromatic rings. The molecular formula is C9H5ClN2O4. The number of hydrogen-bond donors (Lipinski definition) is 1. The van der Waals surface area contributed by atoms with E-state index in [1.54, 1.807) is 6.07 Å². The van der Waals surface area contributed by atoms with E-state index in [1.807, 2.05) is 0 Å². The van der Waals surface area contributed by atoms with E-state index in [-0.39, 0.29) is 11.1 Å². The fraction of sp³-hybridized carbons (Fsp3) is 0.111. The van der Waals surface area contributed by atoms with Crippen LogP contribution in [0.3, 0.4) is 0 Å². The fourth-order valence-electron chi connectivity index (χ4n) is 1.09. The smallest absolute Gasteiger partial charge is 0.271 e. The predicted molar refractivity (Wildman–Crippen MR) is 54.5 cm³/mol. The predicted octanol–water partition coefficient (Wildman–Crippen LogP) is 1.59. The number of nitrogens with zero attached hydrogens (tertiary/aromatic N) is 2. The van der Waals surface area contributed by atoms with E-state index in [0.29, 0.717) is 0 Å². The van der Waals surface area contributed by atoms with Crippen molar-refractivity contribution >= 4 is 23.1 Å². The fourth-order valence-corrected chi connectivity index (χ4v) is 1.24. The van der Waals surface area contributed by atoms with Crippen LogP contribution in [0.4, 0.5) is 5.69 Å². The summed E-state index contributed by atoms with van der Waals surface area (Å²) in [4.78, 5) is 21.0. The van der Waals surface area contributed by atoms with Crippen molar-refractivity contribution in [2.45, 2.75) is 0 Å². The van der Waals surface area contributed by atoms with Gasteiger partial charge in [-0.05, 0) is 0 Å². The Morgan fingerprint density at radius 3 is 2.69 bits per heavy atom. The molecule has 0 spiro atoms. The monoisotopic (exact) mass is 240 g/mol. The highest BCUT2D eigenvalue weighted by atomic mass is 35.5. The minimum absolute atomic E-state index is 0.319. The number of carbonyl (C=O) groups excluding carboxylic acids is 1. The lowest BCUT2D eigenvalue weighted by molar-refractivity contribution is -0.384. The number of alkyl halides is 1. The number of phenols is 1. The summed E-state index contributed by atoms with van der Waals surface area (Å²) in [6.45, 7) is 0. The van der Waals surface area contributed by atoms with E-state index in [2.05, 4.69) is 0 Å². The number of non-ortho nitro benzene ring substituents is 1. The van der Waals surface area contributed by atoms with Gasteiger partial charge in [-0.1, -0.05) is 0 Å². The second kappa shape index (κ2) is 4.59. The molecule has 0 bridgehead atoms. The number of halogens is 1. The Morgan fingerprint density at radius 2 is 2.25 bits per heavy atom. The van der Waals surface area contributed by atoms with Crippen LogP contribution in [0, 0.1) is 21.4 Å². The number of ketones is 1. The number of carbonyl (C=O) groups is 1. The summed E-state index contributed by atoms with van der Waals surface area (Å²) in [6, 6.07) is 3.34. The van der Waals surface area contributed by atoms with E-state index in [1.165, 1.54) is 0 Å². The molecule has 0 atom stereocenters. The highest BCUT2D eigenvalue weighted by Gasteiger charge is 2.20. The van der Waals surface area contributed by atoms with Crippen LogP contribution in [-0.2, 0) is 0 Å². The number of phenolic OH excluding ortho intramolecular Hbond substituents is 1. The van der Waals surface area contributed by atoms with Gasteiger partial charge in [0.15, 0.2) is 5.78 Å². The topological polar surface area (TPSA) is 104 Å². The Balaban J connectivity index is 3.49. The summed E-state index contributed by atoms with van der Waals surface area (Å²) in [5, 5.41) is 28.6. The zero-order valence-electron chi connectivity index (χ0n) is 7.81. The lowest BCUT2D eigenvalue weighted by atomic mass is 10.1. The highest BCUT2D eigenvalue weighted by Crippen LogP contribution is 2.28. The summed E-state index contributed by atoms with van der Waals surface area (Å²) < 4.78 is 0. The van der Waals surface area contributed by atoms with Gasteiger partial charge in [0.25, 0.3) is 5.69 Å². The average Bonchev–Trinajstić information content (AvgIpc) is 2.28. The number of aromatic hydroxyl groups is 1. The zero-order valence-corrected chi connectivity index (χ0v) is 8.56. The number of hydrogen-bond acceptors (Lipinski definition) is 5. The third kappa shape index (κ3) is 2.10. The number of nitriles is 1. The Kier molecular flexibility index (Phi) is 3.43. The van der Waals surface area contributed by atoms with Crippen LogP contribution in [0.5, 0.6) is 5.75 Å². The Hall–Kier alpha value is -2.13. The summed E-state index contributed by atoms with van der Waals surface area (Å²) in [7, 11) is 0. The lowest BCUT2D eigenvalue weighted by Crippen LogP contribution is -2.03. The molecular weight excluding hydrogens is 236 g/mol. The van der Waals surface area contributed by atoms with Crippen LogP contribution in [0.2, 0.25) is 0 Å². The molecule has 0 amide bonds. The molecule has 0 aromatic heterocycles. The van der Waals surface area contributed by atoms with Gasteiger partial charge in [-0.2, -0.15) is 5.26 Å². The first-order chi connectivity index (χ1) is 7.51. The second-order valence-corrected chi connectivity index (χ2v) is 3.08. The van der Waals surface area contributed by atoms with Crippen molar-refractivity contribution in [2.75, 3.05) is 5.88 Å². The molecule has 1 aromatic carbocycles. The van der Waals surface area contributed by atoms with E-state index < -0.39 is 28.0 Å². The van der Waals surface area contributed by atoms with Gasteiger partial charge in [0.2, 0.25) is 0 Å². The lowest BCUT2D eigenvalue weighted by Gasteiger charge is -2.03. The van der Waals surface area contributed by atoms with Crippen molar-refractivity contribution in [3.63, 3.8) is 0 Å². The molecule has 0 aliphatic heterocycles. The van der Waals surface area contributed by atoms with Gasteiger partial charge in [-0.15, -0.1) is 11.6 Å². The number of benzene rings is 1. The Morgan fingerprint density at radius 1 is 1.62 bits per heavy atom. The molecule has 16 heavy (non-hydrogen) atoms.